The van der Waals surface area contributed by atoms with E-state index in [1.165, 1.54) is 4.57 Å². The van der Waals surface area contributed by atoms with Gasteiger partial charge in [0.05, 0.1) is 18.5 Å². The Hall–Kier alpha value is -3.06. The SMILES string of the molecule is CCCCN(CCNC(=O)Nc1cn(C)c(=O)c2ccccc12)Cc1ccco1. The number of aromatic nitrogens is 1. The van der Waals surface area contributed by atoms with Crippen molar-refractivity contribution in [3.8, 4) is 0 Å². The number of nitrogens with zero attached hydrogens (tertiary/aromatic N) is 2. The number of carbonyl (C=O) groups is 1. The number of carbonyl (C=O) groups excluding carboxylic acids is 1. The normalized spacial score (nSPS) is 11.1. The third-order valence-corrected chi connectivity index (χ3v) is 4.84. The zero-order valence-electron chi connectivity index (χ0n) is 17.0. The summed E-state index contributed by atoms with van der Waals surface area (Å²) in [5, 5.41) is 7.09. The molecular weight excluding hydrogens is 368 g/mol. The molecule has 7 heteroatoms. The van der Waals surface area contributed by atoms with E-state index in [0.717, 1.165) is 43.6 Å². The van der Waals surface area contributed by atoms with Gasteiger partial charge >= 0.3 is 6.03 Å². The van der Waals surface area contributed by atoms with Crippen LogP contribution in [0, 0.1) is 0 Å². The summed E-state index contributed by atoms with van der Waals surface area (Å²) in [5.41, 5.74) is 0.523. The number of rotatable bonds is 9. The van der Waals surface area contributed by atoms with Crippen LogP contribution in [0.4, 0.5) is 10.5 Å². The van der Waals surface area contributed by atoms with E-state index in [4.69, 9.17) is 4.42 Å². The largest absolute Gasteiger partial charge is 0.468 e. The average Bonchev–Trinajstić information content (AvgIpc) is 3.23. The van der Waals surface area contributed by atoms with E-state index in [2.05, 4.69) is 22.5 Å². The van der Waals surface area contributed by atoms with Crippen molar-refractivity contribution in [1.29, 1.82) is 0 Å². The van der Waals surface area contributed by atoms with Crippen molar-refractivity contribution in [1.82, 2.24) is 14.8 Å². The molecule has 0 fully saturated rings. The summed E-state index contributed by atoms with van der Waals surface area (Å²) in [6, 6.07) is 10.8. The van der Waals surface area contributed by atoms with Crippen LogP contribution in [-0.2, 0) is 13.6 Å². The number of hydrogen-bond donors (Lipinski definition) is 2. The maximum absolute atomic E-state index is 12.4. The lowest BCUT2D eigenvalue weighted by Gasteiger charge is -2.21. The predicted molar refractivity (Wildman–Crippen MR) is 115 cm³/mol. The summed E-state index contributed by atoms with van der Waals surface area (Å²) in [5.74, 6) is 0.919. The van der Waals surface area contributed by atoms with E-state index in [9.17, 15) is 9.59 Å². The van der Waals surface area contributed by atoms with Gasteiger partial charge in [-0.1, -0.05) is 31.5 Å². The van der Waals surface area contributed by atoms with Crippen molar-refractivity contribution in [2.24, 2.45) is 7.05 Å². The highest BCUT2D eigenvalue weighted by molar-refractivity contribution is 6.00. The molecule has 2 aromatic heterocycles. The van der Waals surface area contributed by atoms with Gasteiger partial charge in [-0.05, 0) is 31.2 Å². The molecule has 2 N–H and O–H groups in total. The van der Waals surface area contributed by atoms with Crippen molar-refractivity contribution >= 4 is 22.5 Å². The Morgan fingerprint density at radius 2 is 1.93 bits per heavy atom. The first kappa shape index (κ1) is 20.7. The average molecular weight is 396 g/mol. The lowest BCUT2D eigenvalue weighted by molar-refractivity contribution is 0.232. The molecule has 0 saturated carbocycles. The zero-order chi connectivity index (χ0) is 20.6. The highest BCUT2D eigenvalue weighted by Crippen LogP contribution is 2.19. The van der Waals surface area contributed by atoms with E-state index >= 15 is 0 Å². The molecule has 154 valence electrons. The highest BCUT2D eigenvalue weighted by atomic mass is 16.3. The Labute approximate surface area is 170 Å². The third-order valence-electron chi connectivity index (χ3n) is 4.84. The number of nitrogens with one attached hydrogen (secondary N) is 2. The Morgan fingerprint density at radius 3 is 2.66 bits per heavy atom. The van der Waals surface area contributed by atoms with Crippen LogP contribution in [0.5, 0.6) is 0 Å². The summed E-state index contributed by atoms with van der Waals surface area (Å²) in [6.07, 6.45) is 5.53. The lowest BCUT2D eigenvalue weighted by atomic mass is 10.1. The number of furan rings is 1. The Morgan fingerprint density at radius 1 is 1.14 bits per heavy atom. The monoisotopic (exact) mass is 396 g/mol. The summed E-state index contributed by atoms with van der Waals surface area (Å²) in [7, 11) is 1.68. The second-order valence-electron chi connectivity index (χ2n) is 7.09. The molecule has 0 aliphatic heterocycles. The minimum atomic E-state index is -0.290. The van der Waals surface area contributed by atoms with Crippen LogP contribution >= 0.6 is 0 Å². The van der Waals surface area contributed by atoms with Gasteiger partial charge in [0.25, 0.3) is 5.56 Å². The lowest BCUT2D eigenvalue weighted by Crippen LogP contribution is -2.37. The molecule has 2 amide bonds. The maximum atomic E-state index is 12.4. The second kappa shape index (κ2) is 9.93. The topological polar surface area (TPSA) is 79.5 Å². The van der Waals surface area contributed by atoms with Gasteiger partial charge in [-0.25, -0.2) is 4.79 Å². The molecule has 3 aromatic rings. The highest BCUT2D eigenvalue weighted by Gasteiger charge is 2.11. The quantitative estimate of drug-likeness (QED) is 0.580. The first-order valence-electron chi connectivity index (χ1n) is 9.96. The van der Waals surface area contributed by atoms with Gasteiger partial charge in [-0.2, -0.15) is 0 Å². The molecule has 0 saturated heterocycles. The molecule has 0 atom stereocenters. The molecule has 2 heterocycles. The number of aryl methyl sites for hydroxylation is 1. The molecule has 1 aromatic carbocycles. The van der Waals surface area contributed by atoms with Crippen LogP contribution in [0.3, 0.4) is 0 Å². The fourth-order valence-electron chi connectivity index (χ4n) is 3.28. The first-order valence-corrected chi connectivity index (χ1v) is 9.96. The molecule has 0 spiro atoms. The van der Waals surface area contributed by atoms with E-state index in [0.29, 0.717) is 17.6 Å². The van der Waals surface area contributed by atoms with Crippen LogP contribution in [0.2, 0.25) is 0 Å². The Balaban J connectivity index is 1.58. The number of pyridine rings is 1. The van der Waals surface area contributed by atoms with Gasteiger partial charge in [0.2, 0.25) is 0 Å². The molecule has 0 unspecified atom stereocenters. The zero-order valence-corrected chi connectivity index (χ0v) is 17.0. The molecule has 7 nitrogen and oxygen atoms in total. The number of anilines is 1. The molecule has 0 radical (unpaired) electrons. The van der Waals surface area contributed by atoms with Gasteiger partial charge in [-0.3, -0.25) is 9.69 Å². The number of unbranched alkanes of at least 4 members (excludes halogenated alkanes) is 1. The van der Waals surface area contributed by atoms with Crippen LogP contribution < -0.4 is 16.2 Å². The van der Waals surface area contributed by atoms with Crippen LogP contribution in [0.25, 0.3) is 10.8 Å². The first-order chi connectivity index (χ1) is 14.1. The van der Waals surface area contributed by atoms with Crippen LogP contribution in [0.1, 0.15) is 25.5 Å². The van der Waals surface area contributed by atoms with Crippen molar-refractivity contribution in [3.05, 3.63) is 65.0 Å². The van der Waals surface area contributed by atoms with Gasteiger partial charge < -0.3 is 19.6 Å². The number of benzene rings is 1. The number of amides is 2. The molecular formula is C22H28N4O3. The molecule has 29 heavy (non-hydrogen) atoms. The second-order valence-corrected chi connectivity index (χ2v) is 7.09. The van der Waals surface area contributed by atoms with Crippen molar-refractivity contribution < 1.29 is 9.21 Å². The van der Waals surface area contributed by atoms with Gasteiger partial charge in [0.15, 0.2) is 0 Å². The van der Waals surface area contributed by atoms with Crippen molar-refractivity contribution in [2.45, 2.75) is 26.3 Å². The molecule has 0 bridgehead atoms. The third kappa shape index (κ3) is 5.48. The van der Waals surface area contributed by atoms with Crippen LogP contribution in [-0.4, -0.2) is 35.1 Å². The minimum absolute atomic E-state index is 0.0870. The molecule has 3 rings (SSSR count). The van der Waals surface area contributed by atoms with Crippen LogP contribution in [0.15, 0.2) is 58.1 Å². The molecule has 0 aliphatic carbocycles. The minimum Gasteiger partial charge on any atom is -0.468 e. The summed E-state index contributed by atoms with van der Waals surface area (Å²) >= 11 is 0. The van der Waals surface area contributed by atoms with Gasteiger partial charge in [0.1, 0.15) is 5.76 Å². The van der Waals surface area contributed by atoms with Gasteiger partial charge in [-0.15, -0.1) is 0 Å². The number of fused-ring (bicyclic) bond motifs is 1. The van der Waals surface area contributed by atoms with Crippen molar-refractivity contribution in [2.75, 3.05) is 25.0 Å². The van der Waals surface area contributed by atoms with E-state index < -0.39 is 0 Å². The van der Waals surface area contributed by atoms with E-state index in [-0.39, 0.29) is 11.6 Å². The number of urea groups is 1. The smallest absolute Gasteiger partial charge is 0.319 e. The van der Waals surface area contributed by atoms with Gasteiger partial charge in [0, 0.05) is 37.1 Å². The van der Waals surface area contributed by atoms with E-state index in [1.54, 1.807) is 25.6 Å². The fourth-order valence-corrected chi connectivity index (χ4v) is 3.28. The van der Waals surface area contributed by atoms with Crippen molar-refractivity contribution in [3.63, 3.8) is 0 Å². The fraction of sp³-hybridized carbons (Fsp3) is 0.364. The standard InChI is InChI=1S/C22H28N4O3/c1-3-4-12-26(15-17-8-7-14-29-17)13-11-23-22(28)24-20-16-25(2)21(27)19-10-6-5-9-18(19)20/h5-10,14,16H,3-4,11-13,15H2,1-2H3,(H2,23,24,28). The predicted octanol–water partition coefficient (Wildman–Crippen LogP) is 3.56. The maximum Gasteiger partial charge on any atom is 0.319 e. The van der Waals surface area contributed by atoms with E-state index in [1.807, 2.05) is 30.3 Å². The number of hydrogen-bond acceptors (Lipinski definition) is 4. The Kier molecular flexibility index (Phi) is 7.08. The Bertz CT molecular complexity index is 995. The molecule has 0 aliphatic rings. The summed E-state index contributed by atoms with van der Waals surface area (Å²) in [4.78, 5) is 26.9. The summed E-state index contributed by atoms with van der Waals surface area (Å²) < 4.78 is 6.92. The summed E-state index contributed by atoms with van der Waals surface area (Å²) in [6.45, 7) is 5.07.